The van der Waals surface area contributed by atoms with Crippen molar-refractivity contribution >= 4 is 28.5 Å². The van der Waals surface area contributed by atoms with Crippen molar-refractivity contribution in [1.82, 2.24) is 19.9 Å². The second-order valence-electron chi connectivity index (χ2n) is 8.11. The first-order chi connectivity index (χ1) is 14.7. The number of halogens is 2. The molecule has 31 heavy (non-hydrogen) atoms. The van der Waals surface area contributed by atoms with Crippen LogP contribution in [-0.4, -0.2) is 58.1 Å². The molecule has 2 heterocycles. The molecule has 172 valence electrons. The molecule has 1 aliphatic carbocycles. The van der Waals surface area contributed by atoms with Crippen LogP contribution in [0.2, 0.25) is 5.02 Å². The van der Waals surface area contributed by atoms with Crippen LogP contribution in [0.25, 0.3) is 11.0 Å². The lowest BCUT2D eigenvalue weighted by molar-refractivity contribution is -0.120. The third-order valence-electron chi connectivity index (χ3n) is 5.16. The Labute approximate surface area is 186 Å². The SMILES string of the molecule is CC(=O)N[C@@H](C)COC1CCC(Oc2nc3cnc(OC[C@H](C)F)c(Cl)c3n2C)CC1. The number of carbonyl (C=O) groups excluding carboxylic acids is 1. The maximum atomic E-state index is 13.1. The number of hydrogen-bond acceptors (Lipinski definition) is 6. The molecule has 0 bridgehead atoms. The minimum atomic E-state index is -1.12. The Bertz CT molecular complexity index is 899. The predicted molar refractivity (Wildman–Crippen MR) is 115 cm³/mol. The fraction of sp³-hybridized carbons (Fsp3) is 0.667. The summed E-state index contributed by atoms with van der Waals surface area (Å²) in [6.45, 7) is 5.22. The number of carbonyl (C=O) groups is 1. The molecule has 1 saturated carbocycles. The van der Waals surface area contributed by atoms with Crippen molar-refractivity contribution in [3.63, 3.8) is 0 Å². The molecule has 0 aromatic carbocycles. The van der Waals surface area contributed by atoms with Crippen LogP contribution in [0, 0.1) is 0 Å². The van der Waals surface area contributed by atoms with Crippen LogP contribution in [0.5, 0.6) is 11.9 Å². The van der Waals surface area contributed by atoms with Crippen LogP contribution in [-0.2, 0) is 16.6 Å². The van der Waals surface area contributed by atoms with Gasteiger partial charge in [-0.3, -0.25) is 9.36 Å². The van der Waals surface area contributed by atoms with Crippen LogP contribution < -0.4 is 14.8 Å². The van der Waals surface area contributed by atoms with E-state index in [1.807, 2.05) is 14.0 Å². The van der Waals surface area contributed by atoms with Crippen molar-refractivity contribution in [1.29, 1.82) is 0 Å². The van der Waals surface area contributed by atoms with Gasteiger partial charge in [0.05, 0.1) is 24.4 Å². The molecule has 2 atom stereocenters. The number of ether oxygens (including phenoxy) is 3. The maximum Gasteiger partial charge on any atom is 0.297 e. The molecule has 3 rings (SSSR count). The number of rotatable bonds is 9. The van der Waals surface area contributed by atoms with Gasteiger partial charge in [-0.2, -0.15) is 4.98 Å². The zero-order chi connectivity index (χ0) is 22.5. The molecule has 1 N–H and O–H groups in total. The Hall–Kier alpha value is -2.13. The summed E-state index contributed by atoms with van der Waals surface area (Å²) < 4.78 is 32.3. The van der Waals surface area contributed by atoms with Gasteiger partial charge in [0, 0.05) is 20.0 Å². The summed E-state index contributed by atoms with van der Waals surface area (Å²) in [4.78, 5) is 19.7. The number of aromatic nitrogens is 3. The van der Waals surface area contributed by atoms with Crippen molar-refractivity contribution in [2.24, 2.45) is 7.05 Å². The summed E-state index contributed by atoms with van der Waals surface area (Å²) in [7, 11) is 1.82. The molecular formula is C21H30ClFN4O4. The van der Waals surface area contributed by atoms with E-state index in [1.54, 1.807) is 10.8 Å². The molecule has 8 nitrogen and oxygen atoms in total. The van der Waals surface area contributed by atoms with Crippen LogP contribution in [0.3, 0.4) is 0 Å². The third-order valence-corrected chi connectivity index (χ3v) is 5.50. The van der Waals surface area contributed by atoms with E-state index in [1.165, 1.54) is 13.8 Å². The first kappa shape index (κ1) is 23.5. The average Bonchev–Trinajstić information content (AvgIpc) is 3.02. The first-order valence-electron chi connectivity index (χ1n) is 10.6. The van der Waals surface area contributed by atoms with Gasteiger partial charge in [0.25, 0.3) is 6.01 Å². The molecule has 1 amide bonds. The molecule has 2 aromatic rings. The summed E-state index contributed by atoms with van der Waals surface area (Å²) >= 11 is 6.43. The van der Waals surface area contributed by atoms with Gasteiger partial charge in [-0.15, -0.1) is 0 Å². The summed E-state index contributed by atoms with van der Waals surface area (Å²) in [6, 6.07) is 0.449. The maximum absolute atomic E-state index is 13.1. The first-order valence-corrected chi connectivity index (χ1v) is 11.0. The normalized spacial score (nSPS) is 21.0. The van der Waals surface area contributed by atoms with E-state index in [9.17, 15) is 9.18 Å². The molecule has 0 aliphatic heterocycles. The van der Waals surface area contributed by atoms with E-state index in [2.05, 4.69) is 15.3 Å². The Kier molecular flexibility index (Phi) is 7.94. The molecular weight excluding hydrogens is 427 g/mol. The number of hydrogen-bond donors (Lipinski definition) is 1. The van der Waals surface area contributed by atoms with Crippen LogP contribution in [0.15, 0.2) is 6.20 Å². The highest BCUT2D eigenvalue weighted by molar-refractivity contribution is 6.36. The lowest BCUT2D eigenvalue weighted by Gasteiger charge is -2.29. The Morgan fingerprint density at radius 1 is 1.29 bits per heavy atom. The fourth-order valence-electron chi connectivity index (χ4n) is 3.66. The zero-order valence-electron chi connectivity index (χ0n) is 18.4. The van der Waals surface area contributed by atoms with E-state index < -0.39 is 6.17 Å². The number of aryl methyl sites for hydroxylation is 1. The second kappa shape index (κ2) is 10.5. The highest BCUT2D eigenvalue weighted by Crippen LogP contribution is 2.34. The zero-order valence-corrected chi connectivity index (χ0v) is 19.1. The summed E-state index contributed by atoms with van der Waals surface area (Å²) in [5.41, 5.74) is 1.23. The molecule has 10 heteroatoms. The molecule has 0 spiro atoms. The summed E-state index contributed by atoms with van der Waals surface area (Å²) in [5.74, 6) is 0.126. The highest BCUT2D eigenvalue weighted by atomic mass is 35.5. The second-order valence-corrected chi connectivity index (χ2v) is 8.49. The topological polar surface area (TPSA) is 87.5 Å². The van der Waals surface area contributed by atoms with Gasteiger partial charge in [0.1, 0.15) is 29.4 Å². The quantitative estimate of drug-likeness (QED) is 0.620. The Balaban J connectivity index is 1.57. The lowest BCUT2D eigenvalue weighted by Crippen LogP contribution is -2.37. The van der Waals surface area contributed by atoms with Gasteiger partial charge in [-0.05, 0) is 39.5 Å². The van der Waals surface area contributed by atoms with Gasteiger partial charge in [0.15, 0.2) is 0 Å². The largest absolute Gasteiger partial charge is 0.473 e. The van der Waals surface area contributed by atoms with E-state index in [0.29, 0.717) is 23.7 Å². The predicted octanol–water partition coefficient (Wildman–Crippen LogP) is 3.59. The number of pyridine rings is 1. The lowest BCUT2D eigenvalue weighted by atomic mass is 9.95. The number of amides is 1. The van der Waals surface area contributed by atoms with Gasteiger partial charge >= 0.3 is 0 Å². The van der Waals surface area contributed by atoms with Crippen molar-refractivity contribution in [2.75, 3.05) is 13.2 Å². The summed E-state index contributed by atoms with van der Waals surface area (Å²) in [5, 5.41) is 3.11. The highest BCUT2D eigenvalue weighted by Gasteiger charge is 2.26. The van der Waals surface area contributed by atoms with Crippen LogP contribution >= 0.6 is 11.6 Å². The molecule has 0 radical (unpaired) electrons. The molecule has 0 saturated heterocycles. The van der Waals surface area contributed by atoms with E-state index >= 15 is 0 Å². The van der Waals surface area contributed by atoms with Crippen LogP contribution in [0.4, 0.5) is 4.39 Å². The molecule has 1 fully saturated rings. The molecule has 1 aliphatic rings. The number of imidazole rings is 1. The third kappa shape index (κ3) is 6.20. The monoisotopic (exact) mass is 456 g/mol. The van der Waals surface area contributed by atoms with Gasteiger partial charge in [-0.1, -0.05) is 11.6 Å². The minimum Gasteiger partial charge on any atom is -0.473 e. The number of fused-ring (bicyclic) bond motifs is 1. The standard InChI is InChI=1S/C21H30ClFN4O4/c1-12(23)10-30-20-18(22)19-17(9-24-20)26-21(27(19)4)31-16-7-5-15(6-8-16)29-11-13(2)25-14(3)28/h9,12-13,15-16H,5-8,10-11H2,1-4H3,(H,25,28)/t12-,13-,15?,16?/m0/s1. The number of nitrogens with one attached hydrogen (secondary N) is 1. The van der Waals surface area contributed by atoms with E-state index in [4.69, 9.17) is 25.8 Å². The smallest absolute Gasteiger partial charge is 0.297 e. The van der Waals surface area contributed by atoms with Gasteiger partial charge in [0.2, 0.25) is 11.8 Å². The van der Waals surface area contributed by atoms with E-state index in [-0.39, 0.29) is 41.7 Å². The van der Waals surface area contributed by atoms with E-state index in [0.717, 1.165) is 25.7 Å². The van der Waals surface area contributed by atoms with Crippen molar-refractivity contribution < 1.29 is 23.4 Å². The summed E-state index contributed by atoms with van der Waals surface area (Å²) in [6.07, 6.45) is 4.06. The van der Waals surface area contributed by atoms with Crippen LogP contribution in [0.1, 0.15) is 46.5 Å². The van der Waals surface area contributed by atoms with Gasteiger partial charge < -0.3 is 19.5 Å². The van der Waals surface area contributed by atoms with Crippen molar-refractivity contribution in [3.8, 4) is 11.9 Å². The minimum absolute atomic E-state index is 0.00758. The Morgan fingerprint density at radius 2 is 1.97 bits per heavy atom. The van der Waals surface area contributed by atoms with Gasteiger partial charge in [-0.25, -0.2) is 9.37 Å². The number of nitrogens with zero attached hydrogens (tertiary/aromatic N) is 3. The molecule has 2 aromatic heterocycles. The molecule has 0 unspecified atom stereocenters. The Morgan fingerprint density at radius 3 is 2.61 bits per heavy atom. The number of alkyl halides is 1. The van der Waals surface area contributed by atoms with Crippen molar-refractivity contribution in [3.05, 3.63) is 11.2 Å². The van der Waals surface area contributed by atoms with Crippen molar-refractivity contribution in [2.45, 2.75) is 70.9 Å². The average molecular weight is 457 g/mol. The fourth-order valence-corrected chi connectivity index (χ4v) is 3.99.